The van der Waals surface area contributed by atoms with Gasteiger partial charge in [0, 0.05) is 5.92 Å². The summed E-state index contributed by atoms with van der Waals surface area (Å²) in [5.41, 5.74) is 0. The maximum Gasteiger partial charge on any atom is 0.308 e. The molecule has 0 saturated heterocycles. The van der Waals surface area contributed by atoms with Gasteiger partial charge >= 0.3 is 5.97 Å². The van der Waals surface area contributed by atoms with Crippen molar-refractivity contribution in [2.24, 2.45) is 5.92 Å². The van der Waals surface area contributed by atoms with Gasteiger partial charge in [-0.1, -0.05) is 19.8 Å². The summed E-state index contributed by atoms with van der Waals surface area (Å²) in [6, 6.07) is 0. The molecule has 0 spiro atoms. The first-order valence-corrected chi connectivity index (χ1v) is 5.67. The Balaban J connectivity index is 2.09. The van der Waals surface area contributed by atoms with E-state index in [4.69, 9.17) is 5.11 Å². The lowest BCUT2D eigenvalue weighted by molar-refractivity contribution is -0.141. The third kappa shape index (κ3) is 2.20. The predicted octanol–water partition coefficient (Wildman–Crippen LogP) is 1.05. The first-order valence-electron chi connectivity index (χ1n) is 5.67. The van der Waals surface area contributed by atoms with E-state index in [0.717, 1.165) is 18.7 Å². The smallest absolute Gasteiger partial charge is 0.308 e. The van der Waals surface area contributed by atoms with E-state index in [1.807, 2.05) is 0 Å². The highest BCUT2D eigenvalue weighted by atomic mass is 16.4. The SMILES string of the molecule is CC(Cn1nnnc1C1CCCC1)C(=O)O. The zero-order valence-electron chi connectivity index (χ0n) is 9.33. The molecular weight excluding hydrogens is 208 g/mol. The van der Waals surface area contributed by atoms with Crippen molar-refractivity contribution in [3.8, 4) is 0 Å². The van der Waals surface area contributed by atoms with Crippen LogP contribution in [0.5, 0.6) is 0 Å². The Bertz CT molecular complexity index is 371. The lowest BCUT2D eigenvalue weighted by atomic mass is 10.1. The van der Waals surface area contributed by atoms with Crippen LogP contribution >= 0.6 is 0 Å². The van der Waals surface area contributed by atoms with Crippen molar-refractivity contribution in [2.45, 2.75) is 45.1 Å². The van der Waals surface area contributed by atoms with E-state index >= 15 is 0 Å². The van der Waals surface area contributed by atoms with Gasteiger partial charge in [-0.2, -0.15) is 0 Å². The summed E-state index contributed by atoms with van der Waals surface area (Å²) < 4.78 is 1.65. The molecule has 0 bridgehead atoms. The maximum absolute atomic E-state index is 10.8. The van der Waals surface area contributed by atoms with Crippen LogP contribution in [0, 0.1) is 5.92 Å². The topological polar surface area (TPSA) is 80.9 Å². The third-order valence-corrected chi connectivity index (χ3v) is 3.15. The van der Waals surface area contributed by atoms with E-state index in [-0.39, 0.29) is 0 Å². The van der Waals surface area contributed by atoms with Crippen LogP contribution in [0.15, 0.2) is 0 Å². The van der Waals surface area contributed by atoms with Crippen LogP contribution < -0.4 is 0 Å². The highest BCUT2D eigenvalue weighted by Crippen LogP contribution is 2.32. The Kier molecular flexibility index (Phi) is 3.17. The minimum atomic E-state index is -0.812. The van der Waals surface area contributed by atoms with Crippen molar-refractivity contribution in [3.05, 3.63) is 5.82 Å². The number of tetrazole rings is 1. The van der Waals surface area contributed by atoms with Gasteiger partial charge in [0.05, 0.1) is 12.5 Å². The fourth-order valence-corrected chi connectivity index (χ4v) is 2.16. The number of carbonyl (C=O) groups is 1. The van der Waals surface area contributed by atoms with Crippen LogP contribution in [-0.4, -0.2) is 31.3 Å². The van der Waals surface area contributed by atoms with E-state index in [0.29, 0.717) is 12.5 Å². The van der Waals surface area contributed by atoms with Crippen molar-refractivity contribution in [1.29, 1.82) is 0 Å². The van der Waals surface area contributed by atoms with Gasteiger partial charge in [-0.15, -0.1) is 5.10 Å². The molecule has 1 heterocycles. The van der Waals surface area contributed by atoms with E-state index in [2.05, 4.69) is 15.5 Å². The fourth-order valence-electron chi connectivity index (χ4n) is 2.16. The molecule has 88 valence electrons. The number of nitrogens with zero attached hydrogens (tertiary/aromatic N) is 4. The van der Waals surface area contributed by atoms with E-state index in [1.165, 1.54) is 12.8 Å². The largest absolute Gasteiger partial charge is 0.481 e. The summed E-state index contributed by atoms with van der Waals surface area (Å²) in [6.45, 7) is 2.02. The summed E-state index contributed by atoms with van der Waals surface area (Å²) in [5, 5.41) is 20.4. The van der Waals surface area contributed by atoms with Gasteiger partial charge in [-0.05, 0) is 23.3 Å². The summed E-state index contributed by atoms with van der Waals surface area (Å²) in [5.74, 6) is -0.00174. The monoisotopic (exact) mass is 224 g/mol. The minimum Gasteiger partial charge on any atom is -0.481 e. The van der Waals surface area contributed by atoms with Crippen molar-refractivity contribution in [3.63, 3.8) is 0 Å². The standard InChI is InChI=1S/C10H16N4O2/c1-7(10(15)16)6-14-9(11-12-13-14)8-4-2-3-5-8/h7-8H,2-6H2,1H3,(H,15,16). The van der Waals surface area contributed by atoms with Crippen LogP contribution in [-0.2, 0) is 11.3 Å². The maximum atomic E-state index is 10.8. The van der Waals surface area contributed by atoms with Crippen molar-refractivity contribution in [2.75, 3.05) is 0 Å². The molecule has 1 fully saturated rings. The fraction of sp³-hybridized carbons (Fsp3) is 0.800. The van der Waals surface area contributed by atoms with Gasteiger partial charge in [0.2, 0.25) is 0 Å². The Hall–Kier alpha value is -1.46. The van der Waals surface area contributed by atoms with Gasteiger partial charge < -0.3 is 5.11 Å². The number of aliphatic carboxylic acids is 1. The molecule has 16 heavy (non-hydrogen) atoms. The molecule has 2 rings (SSSR count). The van der Waals surface area contributed by atoms with Gasteiger partial charge in [-0.3, -0.25) is 4.79 Å². The number of carboxylic acids is 1. The number of rotatable bonds is 4. The van der Waals surface area contributed by atoms with E-state index < -0.39 is 11.9 Å². The number of carboxylic acid groups (broad SMARTS) is 1. The Morgan fingerprint density at radius 2 is 2.25 bits per heavy atom. The van der Waals surface area contributed by atoms with Gasteiger partial charge in [0.15, 0.2) is 5.82 Å². The average Bonchev–Trinajstić information content (AvgIpc) is 2.85. The second-order valence-corrected chi connectivity index (χ2v) is 4.44. The summed E-state index contributed by atoms with van der Waals surface area (Å²) in [4.78, 5) is 10.8. The molecule has 0 radical (unpaired) electrons. The Morgan fingerprint density at radius 1 is 1.56 bits per heavy atom. The number of aromatic nitrogens is 4. The summed E-state index contributed by atoms with van der Waals surface area (Å²) in [7, 11) is 0. The molecule has 1 aromatic rings. The lowest BCUT2D eigenvalue weighted by Gasteiger charge is -2.11. The molecule has 1 aromatic heterocycles. The summed E-state index contributed by atoms with van der Waals surface area (Å²) in [6.07, 6.45) is 4.65. The van der Waals surface area contributed by atoms with Crippen molar-refractivity contribution in [1.82, 2.24) is 20.2 Å². The highest BCUT2D eigenvalue weighted by Gasteiger charge is 2.24. The second kappa shape index (κ2) is 4.59. The Labute approximate surface area is 93.6 Å². The van der Waals surface area contributed by atoms with E-state index in [9.17, 15) is 4.79 Å². The Morgan fingerprint density at radius 3 is 2.88 bits per heavy atom. The first-order chi connectivity index (χ1) is 7.68. The number of hydrogen-bond acceptors (Lipinski definition) is 4. The van der Waals surface area contributed by atoms with Crippen LogP contribution in [0.1, 0.15) is 44.3 Å². The molecule has 6 nitrogen and oxygen atoms in total. The predicted molar refractivity (Wildman–Crippen MR) is 55.8 cm³/mol. The molecule has 0 aromatic carbocycles. The quantitative estimate of drug-likeness (QED) is 0.826. The summed E-state index contributed by atoms with van der Waals surface area (Å²) >= 11 is 0. The van der Waals surface area contributed by atoms with Crippen LogP contribution in [0.4, 0.5) is 0 Å². The van der Waals surface area contributed by atoms with Crippen molar-refractivity contribution >= 4 is 5.97 Å². The lowest BCUT2D eigenvalue weighted by Crippen LogP contribution is -2.20. The molecule has 6 heteroatoms. The van der Waals surface area contributed by atoms with Gasteiger partial charge in [0.1, 0.15) is 0 Å². The van der Waals surface area contributed by atoms with Crippen LogP contribution in [0.3, 0.4) is 0 Å². The molecule has 1 unspecified atom stereocenters. The van der Waals surface area contributed by atoms with Crippen LogP contribution in [0.2, 0.25) is 0 Å². The molecule has 1 N–H and O–H groups in total. The zero-order chi connectivity index (χ0) is 11.5. The number of hydrogen-bond donors (Lipinski definition) is 1. The molecule has 1 atom stereocenters. The zero-order valence-corrected chi connectivity index (χ0v) is 9.33. The van der Waals surface area contributed by atoms with Gasteiger partial charge in [-0.25, -0.2) is 4.68 Å². The minimum absolute atomic E-state index is 0.355. The molecule has 1 aliphatic rings. The van der Waals surface area contributed by atoms with Gasteiger partial charge in [0.25, 0.3) is 0 Å². The highest BCUT2D eigenvalue weighted by molar-refractivity contribution is 5.69. The first kappa shape index (κ1) is 11.0. The molecule has 1 saturated carbocycles. The molecule has 0 aliphatic heterocycles. The third-order valence-electron chi connectivity index (χ3n) is 3.15. The van der Waals surface area contributed by atoms with E-state index in [1.54, 1.807) is 11.6 Å². The average molecular weight is 224 g/mol. The normalized spacial score (nSPS) is 18.8. The molecule has 0 amide bonds. The van der Waals surface area contributed by atoms with Crippen LogP contribution in [0.25, 0.3) is 0 Å². The molecular formula is C10H16N4O2. The second-order valence-electron chi connectivity index (χ2n) is 4.44. The van der Waals surface area contributed by atoms with Crippen molar-refractivity contribution < 1.29 is 9.90 Å². The molecule has 1 aliphatic carbocycles.